The van der Waals surface area contributed by atoms with Gasteiger partial charge in [0.05, 0.1) is 0 Å². The van der Waals surface area contributed by atoms with Gasteiger partial charge in [0.1, 0.15) is 0 Å². The molecule has 1 heterocycles. The van der Waals surface area contributed by atoms with Crippen LogP contribution in [0.5, 0.6) is 0 Å². The van der Waals surface area contributed by atoms with Crippen LogP contribution in [0, 0.1) is 0 Å². The van der Waals surface area contributed by atoms with Gasteiger partial charge in [-0.2, -0.15) is 0 Å². The molecule has 1 N–H and O–H groups in total. The Balaban J connectivity index is 2.33. The van der Waals surface area contributed by atoms with E-state index in [1.54, 1.807) is 12.1 Å². The molecule has 0 aliphatic rings. The quantitative estimate of drug-likeness (QED) is 0.742. The summed E-state index contributed by atoms with van der Waals surface area (Å²) >= 11 is 0. The maximum atomic E-state index is 11.5. The van der Waals surface area contributed by atoms with Gasteiger partial charge in [0.2, 0.25) is 15.0 Å². The van der Waals surface area contributed by atoms with Crippen LogP contribution >= 0.6 is 0 Å². The van der Waals surface area contributed by atoms with Crippen molar-refractivity contribution in [3.05, 3.63) is 54.4 Å². The second-order valence-electron chi connectivity index (χ2n) is 5.02. The predicted octanol–water partition coefficient (Wildman–Crippen LogP) is 2.40. The minimum atomic E-state index is -3.69. The van der Waals surface area contributed by atoms with Crippen molar-refractivity contribution in [3.63, 3.8) is 0 Å². The highest BCUT2D eigenvalue weighted by atomic mass is 32.2. The van der Waals surface area contributed by atoms with E-state index >= 15 is 0 Å². The fraction of sp³-hybridized carbons (Fsp3) is 0.0625. The number of carbonyl (C=O) groups is 1. The van der Waals surface area contributed by atoms with Crippen molar-refractivity contribution in [2.45, 2.75) is 5.16 Å². The average molecular weight is 328 g/mol. The Morgan fingerprint density at radius 2 is 1.74 bits per heavy atom. The van der Waals surface area contributed by atoms with E-state index in [0.717, 1.165) is 17.0 Å². The summed E-state index contributed by atoms with van der Waals surface area (Å²) in [7, 11) is -3.69. The minimum Gasteiger partial charge on any atom is -0.476 e. The summed E-state index contributed by atoms with van der Waals surface area (Å²) in [5, 5.41) is 10.7. The third-order valence-corrected chi connectivity index (χ3v) is 4.24. The first-order valence-electron chi connectivity index (χ1n) is 6.66. The van der Waals surface area contributed by atoms with E-state index in [9.17, 15) is 18.3 Å². The molecular formula is C16H12N2O4S. The number of hydrogen-bond acceptors (Lipinski definition) is 5. The van der Waals surface area contributed by atoms with Crippen molar-refractivity contribution in [1.82, 2.24) is 9.97 Å². The Labute approximate surface area is 132 Å². The first-order valence-corrected chi connectivity index (χ1v) is 8.55. The number of aromatic nitrogens is 2. The number of hydrogen-bond donors (Lipinski definition) is 1. The maximum Gasteiger partial charge on any atom is 0.355 e. The number of carboxylic acid groups (broad SMARTS) is 1. The lowest BCUT2D eigenvalue weighted by Crippen LogP contribution is -2.11. The molecule has 0 bridgehead atoms. The molecule has 116 valence electrons. The van der Waals surface area contributed by atoms with Gasteiger partial charge in [-0.15, -0.1) is 0 Å². The Hall–Kier alpha value is -2.80. The van der Waals surface area contributed by atoms with Crippen LogP contribution in [0.2, 0.25) is 0 Å². The number of sulfone groups is 1. The van der Waals surface area contributed by atoms with E-state index in [1.807, 2.05) is 30.3 Å². The number of benzene rings is 2. The fourth-order valence-corrected chi connectivity index (χ4v) is 2.87. The van der Waals surface area contributed by atoms with Gasteiger partial charge >= 0.3 is 5.97 Å². The zero-order valence-corrected chi connectivity index (χ0v) is 12.9. The van der Waals surface area contributed by atoms with Gasteiger partial charge in [-0.3, -0.25) is 0 Å². The normalized spacial score (nSPS) is 11.5. The zero-order chi connectivity index (χ0) is 16.6. The maximum absolute atomic E-state index is 11.5. The van der Waals surface area contributed by atoms with E-state index in [-0.39, 0.29) is 11.3 Å². The minimum absolute atomic E-state index is 0.279. The van der Waals surface area contributed by atoms with Gasteiger partial charge in [-0.05, 0) is 16.3 Å². The SMILES string of the molecule is CS(=O)(=O)c1ncc(-c2cccc3ccccc23)c(C(=O)O)n1. The molecular weight excluding hydrogens is 316 g/mol. The lowest BCUT2D eigenvalue weighted by Gasteiger charge is -2.09. The van der Waals surface area contributed by atoms with Crippen LogP contribution in [0.25, 0.3) is 21.9 Å². The predicted molar refractivity (Wildman–Crippen MR) is 85.0 cm³/mol. The van der Waals surface area contributed by atoms with E-state index in [0.29, 0.717) is 5.56 Å². The van der Waals surface area contributed by atoms with Crippen LogP contribution in [0.4, 0.5) is 0 Å². The topological polar surface area (TPSA) is 97.2 Å². The second-order valence-corrected chi connectivity index (χ2v) is 6.93. The molecule has 1 aromatic heterocycles. The third-order valence-electron chi connectivity index (χ3n) is 3.38. The molecule has 0 radical (unpaired) electrons. The smallest absolute Gasteiger partial charge is 0.355 e. The van der Waals surface area contributed by atoms with Crippen LogP contribution in [-0.2, 0) is 9.84 Å². The Morgan fingerprint density at radius 1 is 1.04 bits per heavy atom. The number of nitrogens with zero attached hydrogens (tertiary/aromatic N) is 2. The molecule has 0 aliphatic heterocycles. The van der Waals surface area contributed by atoms with Gasteiger partial charge in [-0.1, -0.05) is 42.5 Å². The second kappa shape index (κ2) is 5.44. The van der Waals surface area contributed by atoms with E-state index in [4.69, 9.17) is 0 Å². The Bertz CT molecular complexity index is 1020. The average Bonchev–Trinajstić information content (AvgIpc) is 2.53. The number of aromatic carboxylic acids is 1. The highest BCUT2D eigenvalue weighted by molar-refractivity contribution is 7.90. The van der Waals surface area contributed by atoms with Crippen LogP contribution in [-0.4, -0.2) is 35.7 Å². The molecule has 0 amide bonds. The number of fused-ring (bicyclic) bond motifs is 1. The highest BCUT2D eigenvalue weighted by Crippen LogP contribution is 2.30. The van der Waals surface area contributed by atoms with Gasteiger partial charge in [0.15, 0.2) is 5.69 Å². The van der Waals surface area contributed by atoms with Crippen LogP contribution in [0.15, 0.2) is 53.8 Å². The van der Waals surface area contributed by atoms with Crippen LogP contribution in [0.1, 0.15) is 10.5 Å². The molecule has 0 saturated heterocycles. The van der Waals surface area contributed by atoms with Crippen molar-refractivity contribution in [3.8, 4) is 11.1 Å². The van der Waals surface area contributed by atoms with Gasteiger partial charge in [-0.25, -0.2) is 23.2 Å². The summed E-state index contributed by atoms with van der Waals surface area (Å²) in [5.74, 6) is -1.31. The number of carboxylic acids is 1. The molecule has 2 aromatic carbocycles. The summed E-state index contributed by atoms with van der Waals surface area (Å²) < 4.78 is 23.1. The molecule has 3 aromatic rings. The molecule has 0 aliphatic carbocycles. The molecule has 0 unspecified atom stereocenters. The molecule has 0 fully saturated rings. The van der Waals surface area contributed by atoms with E-state index in [1.165, 1.54) is 6.20 Å². The largest absolute Gasteiger partial charge is 0.476 e. The van der Waals surface area contributed by atoms with Crippen molar-refractivity contribution in [2.24, 2.45) is 0 Å². The third kappa shape index (κ3) is 2.78. The molecule has 3 rings (SSSR count). The fourth-order valence-electron chi connectivity index (χ4n) is 2.36. The lowest BCUT2D eigenvalue weighted by molar-refractivity contribution is 0.0690. The summed E-state index contributed by atoms with van der Waals surface area (Å²) in [4.78, 5) is 19.1. The highest BCUT2D eigenvalue weighted by Gasteiger charge is 2.20. The summed E-state index contributed by atoms with van der Waals surface area (Å²) in [6.45, 7) is 0. The molecule has 0 saturated carbocycles. The monoisotopic (exact) mass is 328 g/mol. The summed E-state index contributed by atoms with van der Waals surface area (Å²) in [5.41, 5.74) is 0.582. The Morgan fingerprint density at radius 3 is 2.43 bits per heavy atom. The van der Waals surface area contributed by atoms with Gasteiger partial charge in [0, 0.05) is 18.0 Å². The van der Waals surface area contributed by atoms with Gasteiger partial charge in [0.25, 0.3) is 0 Å². The summed E-state index contributed by atoms with van der Waals surface area (Å²) in [6.07, 6.45) is 2.18. The van der Waals surface area contributed by atoms with Crippen LogP contribution < -0.4 is 0 Å². The zero-order valence-electron chi connectivity index (χ0n) is 12.1. The van der Waals surface area contributed by atoms with Crippen LogP contribution in [0.3, 0.4) is 0 Å². The molecule has 7 heteroatoms. The van der Waals surface area contributed by atoms with Crippen molar-refractivity contribution in [1.29, 1.82) is 0 Å². The molecule has 6 nitrogen and oxygen atoms in total. The molecule has 23 heavy (non-hydrogen) atoms. The van der Waals surface area contributed by atoms with Crippen molar-refractivity contribution < 1.29 is 18.3 Å². The van der Waals surface area contributed by atoms with E-state index in [2.05, 4.69) is 9.97 Å². The van der Waals surface area contributed by atoms with Crippen molar-refractivity contribution in [2.75, 3.05) is 6.26 Å². The lowest BCUT2D eigenvalue weighted by atomic mass is 9.98. The summed E-state index contributed by atoms with van der Waals surface area (Å²) in [6, 6.07) is 13.0. The first kappa shape index (κ1) is 15.1. The standard InChI is InChI=1S/C16H12N2O4S/c1-23(21,22)16-17-9-13(14(18-16)15(19)20)12-8-4-6-10-5-2-3-7-11(10)12/h2-9H,1H3,(H,19,20). The van der Waals surface area contributed by atoms with Gasteiger partial charge < -0.3 is 5.11 Å². The Kier molecular flexibility index (Phi) is 3.57. The van der Waals surface area contributed by atoms with Crippen molar-refractivity contribution >= 4 is 26.6 Å². The molecule has 0 atom stereocenters. The first-order chi connectivity index (χ1) is 10.9. The number of rotatable bonds is 3. The van der Waals surface area contributed by atoms with E-state index < -0.39 is 21.0 Å². The molecule has 0 spiro atoms.